The van der Waals surface area contributed by atoms with Crippen molar-refractivity contribution in [3.8, 4) is 0 Å². The maximum Gasteiger partial charge on any atom is 0.264 e. The number of hydrogen-bond donors (Lipinski definition) is 1. The Hall–Kier alpha value is -2.08. The highest BCUT2D eigenvalue weighted by molar-refractivity contribution is 7.93. The van der Waals surface area contributed by atoms with Crippen LogP contribution in [0.1, 0.15) is 11.1 Å². The molecule has 2 aromatic carbocycles. The summed E-state index contributed by atoms with van der Waals surface area (Å²) in [6.45, 7) is 2.00. The summed E-state index contributed by atoms with van der Waals surface area (Å²) in [5.41, 5.74) is 8.29. The Labute approximate surface area is 123 Å². The predicted octanol–water partition coefficient (Wildman–Crippen LogP) is 2.47. The molecule has 0 unspecified atom stereocenters. The standard InChI is InChI=1S/C15H15FN2O2S/c1-10-2-4-12(16)8-15(10)21(19,20)18-7-6-11-3-5-13(17)9-14(11)18/h2-5,8-9H,6-7,17H2,1H3. The summed E-state index contributed by atoms with van der Waals surface area (Å²) in [6.07, 6.45) is 0.628. The van der Waals surface area contributed by atoms with Gasteiger partial charge in [-0.2, -0.15) is 0 Å². The van der Waals surface area contributed by atoms with Crippen molar-refractivity contribution in [2.45, 2.75) is 18.2 Å². The van der Waals surface area contributed by atoms with Crippen LogP contribution >= 0.6 is 0 Å². The van der Waals surface area contributed by atoms with Gasteiger partial charge in [-0.1, -0.05) is 12.1 Å². The number of nitrogen functional groups attached to an aromatic ring is 1. The van der Waals surface area contributed by atoms with Crippen LogP contribution in [0.3, 0.4) is 0 Å². The van der Waals surface area contributed by atoms with Crippen molar-refractivity contribution in [3.05, 3.63) is 53.3 Å². The second-order valence-electron chi connectivity index (χ2n) is 5.13. The number of rotatable bonds is 2. The van der Waals surface area contributed by atoms with Crippen molar-refractivity contribution in [2.24, 2.45) is 0 Å². The van der Waals surface area contributed by atoms with E-state index >= 15 is 0 Å². The summed E-state index contributed by atoms with van der Waals surface area (Å²) in [5, 5.41) is 0. The molecule has 0 saturated carbocycles. The molecule has 1 aliphatic heterocycles. The number of sulfonamides is 1. The minimum absolute atomic E-state index is 0.00206. The number of nitrogens with zero attached hydrogens (tertiary/aromatic N) is 1. The number of benzene rings is 2. The molecule has 3 rings (SSSR count). The van der Waals surface area contributed by atoms with Gasteiger partial charge in [-0.15, -0.1) is 0 Å². The van der Waals surface area contributed by atoms with E-state index in [0.29, 0.717) is 29.9 Å². The van der Waals surface area contributed by atoms with E-state index in [1.165, 1.54) is 16.4 Å². The van der Waals surface area contributed by atoms with E-state index in [1.807, 2.05) is 6.07 Å². The van der Waals surface area contributed by atoms with Crippen LogP contribution in [0.5, 0.6) is 0 Å². The molecule has 0 saturated heterocycles. The summed E-state index contributed by atoms with van der Waals surface area (Å²) >= 11 is 0. The molecule has 0 amide bonds. The van der Waals surface area contributed by atoms with Gasteiger partial charge in [-0.25, -0.2) is 12.8 Å². The minimum Gasteiger partial charge on any atom is -0.399 e. The van der Waals surface area contributed by atoms with Crippen LogP contribution in [-0.4, -0.2) is 15.0 Å². The largest absolute Gasteiger partial charge is 0.399 e. The lowest BCUT2D eigenvalue weighted by Gasteiger charge is -2.21. The van der Waals surface area contributed by atoms with Gasteiger partial charge in [-0.3, -0.25) is 4.31 Å². The van der Waals surface area contributed by atoms with Crippen molar-refractivity contribution in [1.29, 1.82) is 0 Å². The first-order valence-electron chi connectivity index (χ1n) is 6.57. The number of fused-ring (bicyclic) bond motifs is 1. The predicted molar refractivity (Wildman–Crippen MR) is 80.2 cm³/mol. The number of hydrogen-bond acceptors (Lipinski definition) is 3. The highest BCUT2D eigenvalue weighted by Gasteiger charge is 2.32. The molecule has 1 heterocycles. The Bertz CT molecular complexity index is 818. The van der Waals surface area contributed by atoms with Crippen LogP contribution in [0.25, 0.3) is 0 Å². The highest BCUT2D eigenvalue weighted by atomic mass is 32.2. The zero-order valence-corrected chi connectivity index (χ0v) is 12.3. The summed E-state index contributed by atoms with van der Waals surface area (Å²) in [5.74, 6) is -0.564. The van der Waals surface area contributed by atoms with Crippen LogP contribution in [0.15, 0.2) is 41.3 Å². The molecule has 0 fully saturated rings. The van der Waals surface area contributed by atoms with Crippen LogP contribution < -0.4 is 10.0 Å². The molecule has 110 valence electrons. The number of halogens is 1. The molecular formula is C15H15FN2O2S. The topological polar surface area (TPSA) is 63.4 Å². The van der Waals surface area contributed by atoms with Crippen molar-refractivity contribution in [1.82, 2.24) is 0 Å². The first-order valence-corrected chi connectivity index (χ1v) is 8.01. The Morgan fingerprint density at radius 3 is 2.71 bits per heavy atom. The van der Waals surface area contributed by atoms with E-state index < -0.39 is 15.8 Å². The highest BCUT2D eigenvalue weighted by Crippen LogP contribution is 2.35. The summed E-state index contributed by atoms with van der Waals surface area (Å²) in [6, 6.07) is 9.02. The molecule has 0 aromatic heterocycles. The van der Waals surface area contributed by atoms with Gasteiger partial charge in [0.1, 0.15) is 5.82 Å². The van der Waals surface area contributed by atoms with E-state index in [-0.39, 0.29) is 4.90 Å². The molecule has 6 heteroatoms. The summed E-state index contributed by atoms with van der Waals surface area (Å²) in [4.78, 5) is -0.00206. The normalized spacial score (nSPS) is 14.3. The van der Waals surface area contributed by atoms with Gasteiger partial charge in [0.25, 0.3) is 10.0 Å². The number of anilines is 2. The van der Waals surface area contributed by atoms with Crippen LogP contribution in [0.2, 0.25) is 0 Å². The van der Waals surface area contributed by atoms with Crippen LogP contribution in [0.4, 0.5) is 15.8 Å². The Morgan fingerprint density at radius 2 is 1.95 bits per heavy atom. The molecule has 0 spiro atoms. The molecule has 4 nitrogen and oxygen atoms in total. The average molecular weight is 306 g/mol. The molecule has 21 heavy (non-hydrogen) atoms. The third-order valence-electron chi connectivity index (χ3n) is 3.68. The molecule has 2 N–H and O–H groups in total. The molecule has 1 aliphatic rings. The zero-order valence-electron chi connectivity index (χ0n) is 11.5. The van der Waals surface area contributed by atoms with Crippen LogP contribution in [-0.2, 0) is 16.4 Å². The van der Waals surface area contributed by atoms with Crippen molar-refractivity contribution in [2.75, 3.05) is 16.6 Å². The lowest BCUT2D eigenvalue weighted by Crippen LogP contribution is -2.29. The van der Waals surface area contributed by atoms with Crippen molar-refractivity contribution < 1.29 is 12.8 Å². The van der Waals surface area contributed by atoms with Crippen molar-refractivity contribution in [3.63, 3.8) is 0 Å². The molecule has 0 radical (unpaired) electrons. The quantitative estimate of drug-likeness (QED) is 0.867. The molecular weight excluding hydrogens is 291 g/mol. The maximum absolute atomic E-state index is 13.4. The van der Waals surface area contributed by atoms with Gasteiger partial charge in [0.15, 0.2) is 0 Å². The molecule has 0 aliphatic carbocycles. The second-order valence-corrected chi connectivity index (χ2v) is 6.96. The molecule has 2 aromatic rings. The number of aryl methyl sites for hydroxylation is 1. The Kier molecular flexibility index (Phi) is 3.13. The van der Waals surface area contributed by atoms with Gasteiger partial charge in [0, 0.05) is 12.2 Å². The van der Waals surface area contributed by atoms with Gasteiger partial charge in [0.2, 0.25) is 0 Å². The fraction of sp³-hybridized carbons (Fsp3) is 0.200. The van der Waals surface area contributed by atoms with E-state index in [9.17, 15) is 12.8 Å². The Morgan fingerprint density at radius 1 is 1.19 bits per heavy atom. The zero-order chi connectivity index (χ0) is 15.2. The molecule has 0 bridgehead atoms. The van der Waals surface area contributed by atoms with E-state index in [2.05, 4.69) is 0 Å². The van der Waals surface area contributed by atoms with E-state index in [0.717, 1.165) is 11.6 Å². The van der Waals surface area contributed by atoms with Gasteiger partial charge < -0.3 is 5.73 Å². The smallest absolute Gasteiger partial charge is 0.264 e. The third kappa shape index (κ3) is 2.25. The maximum atomic E-state index is 13.4. The third-order valence-corrected chi connectivity index (χ3v) is 5.64. The fourth-order valence-electron chi connectivity index (χ4n) is 2.59. The van der Waals surface area contributed by atoms with Gasteiger partial charge >= 0.3 is 0 Å². The lowest BCUT2D eigenvalue weighted by atomic mass is 10.1. The summed E-state index contributed by atoms with van der Waals surface area (Å²) in [7, 11) is -3.78. The van der Waals surface area contributed by atoms with E-state index in [4.69, 9.17) is 5.73 Å². The first kappa shape index (κ1) is 13.9. The molecule has 0 atom stereocenters. The first-order chi connectivity index (χ1) is 9.89. The van der Waals surface area contributed by atoms with Gasteiger partial charge in [0.05, 0.1) is 10.6 Å². The average Bonchev–Trinajstić information content (AvgIpc) is 2.85. The lowest BCUT2D eigenvalue weighted by molar-refractivity contribution is 0.586. The van der Waals surface area contributed by atoms with E-state index in [1.54, 1.807) is 19.1 Å². The number of nitrogens with two attached hydrogens (primary N) is 1. The SMILES string of the molecule is Cc1ccc(F)cc1S(=O)(=O)N1CCc2ccc(N)cc21. The monoisotopic (exact) mass is 306 g/mol. The second kappa shape index (κ2) is 4.73. The minimum atomic E-state index is -3.78. The fourth-order valence-corrected chi connectivity index (χ4v) is 4.32. The van der Waals surface area contributed by atoms with Gasteiger partial charge in [-0.05, 0) is 48.7 Å². The van der Waals surface area contributed by atoms with Crippen molar-refractivity contribution >= 4 is 21.4 Å². The Balaban J connectivity index is 2.13. The van der Waals surface area contributed by atoms with Crippen LogP contribution in [0, 0.1) is 12.7 Å². The summed E-state index contributed by atoms with van der Waals surface area (Å²) < 4.78 is 40.3.